The van der Waals surface area contributed by atoms with E-state index in [1.54, 1.807) is 0 Å². The van der Waals surface area contributed by atoms with Crippen LogP contribution >= 0.6 is 0 Å². The van der Waals surface area contributed by atoms with Crippen molar-refractivity contribution >= 4 is 11.4 Å². The smallest absolute Gasteiger partial charge is 0.196 e. The van der Waals surface area contributed by atoms with Crippen LogP contribution in [0.3, 0.4) is 0 Å². The molecular formula is C10H14N6. The van der Waals surface area contributed by atoms with Crippen molar-refractivity contribution in [1.82, 2.24) is 20.6 Å². The molecular weight excluding hydrogens is 204 g/mol. The van der Waals surface area contributed by atoms with Crippen LogP contribution in [0, 0.1) is 6.92 Å². The zero-order valence-corrected chi connectivity index (χ0v) is 9.23. The van der Waals surface area contributed by atoms with Gasteiger partial charge in [-0.25, -0.2) is 0 Å². The average molecular weight is 218 g/mol. The van der Waals surface area contributed by atoms with E-state index in [2.05, 4.69) is 25.9 Å². The van der Waals surface area contributed by atoms with Crippen LogP contribution < -0.4 is 11.1 Å². The van der Waals surface area contributed by atoms with E-state index in [9.17, 15) is 0 Å². The van der Waals surface area contributed by atoms with Crippen molar-refractivity contribution in [2.75, 3.05) is 11.1 Å². The Kier molecular flexibility index (Phi) is 2.72. The second-order valence-corrected chi connectivity index (χ2v) is 3.67. The molecule has 6 heteroatoms. The molecule has 84 valence electrons. The fraction of sp³-hybridized carbons (Fsp3) is 0.300. The van der Waals surface area contributed by atoms with Crippen LogP contribution in [0.25, 0.3) is 0 Å². The highest BCUT2D eigenvalue weighted by Crippen LogP contribution is 2.25. The van der Waals surface area contributed by atoms with Gasteiger partial charge in [0.15, 0.2) is 5.82 Å². The van der Waals surface area contributed by atoms with Crippen molar-refractivity contribution in [2.24, 2.45) is 0 Å². The Hall–Kier alpha value is -2.11. The van der Waals surface area contributed by atoms with Gasteiger partial charge in [-0.05, 0) is 25.5 Å². The summed E-state index contributed by atoms with van der Waals surface area (Å²) in [5.74, 6) is 0.612. The van der Waals surface area contributed by atoms with E-state index < -0.39 is 0 Å². The van der Waals surface area contributed by atoms with Gasteiger partial charge in [0.2, 0.25) is 0 Å². The van der Waals surface area contributed by atoms with Crippen molar-refractivity contribution < 1.29 is 0 Å². The van der Waals surface area contributed by atoms with E-state index in [1.165, 1.54) is 0 Å². The molecule has 2 aromatic rings. The molecule has 1 unspecified atom stereocenters. The lowest BCUT2D eigenvalue weighted by Crippen LogP contribution is -2.10. The van der Waals surface area contributed by atoms with Crippen molar-refractivity contribution in [3.05, 3.63) is 29.6 Å². The number of benzene rings is 1. The highest BCUT2D eigenvalue weighted by atomic mass is 15.5. The molecule has 1 aromatic carbocycles. The fourth-order valence-electron chi connectivity index (χ4n) is 1.46. The summed E-state index contributed by atoms with van der Waals surface area (Å²) >= 11 is 0. The van der Waals surface area contributed by atoms with Crippen molar-refractivity contribution in [2.45, 2.75) is 19.9 Å². The van der Waals surface area contributed by atoms with E-state index >= 15 is 0 Å². The zero-order chi connectivity index (χ0) is 11.5. The lowest BCUT2D eigenvalue weighted by Gasteiger charge is -2.14. The van der Waals surface area contributed by atoms with Gasteiger partial charge in [0, 0.05) is 0 Å². The standard InChI is InChI=1S/C10H14N6/c1-6-4-3-5-8(9(6)11)12-7(2)10-13-15-16-14-10/h3-5,7,12H,11H2,1-2H3,(H,13,14,15,16). The summed E-state index contributed by atoms with van der Waals surface area (Å²) < 4.78 is 0. The Morgan fingerprint density at radius 2 is 2.25 bits per heavy atom. The maximum absolute atomic E-state index is 5.96. The van der Waals surface area contributed by atoms with Gasteiger partial charge in [0.25, 0.3) is 0 Å². The van der Waals surface area contributed by atoms with E-state index in [0.717, 1.165) is 16.9 Å². The number of H-pyrrole nitrogens is 1. The fourth-order valence-corrected chi connectivity index (χ4v) is 1.46. The van der Waals surface area contributed by atoms with Crippen LogP contribution in [-0.2, 0) is 0 Å². The number of nitrogen functional groups attached to an aromatic ring is 1. The molecule has 0 radical (unpaired) electrons. The maximum atomic E-state index is 5.96. The number of aromatic nitrogens is 4. The number of nitrogens with one attached hydrogen (secondary N) is 2. The minimum atomic E-state index is -0.0390. The summed E-state index contributed by atoms with van der Waals surface area (Å²) in [6.45, 7) is 3.92. The third-order valence-electron chi connectivity index (χ3n) is 2.45. The number of hydrogen-bond acceptors (Lipinski definition) is 5. The first kappa shape index (κ1) is 10.4. The maximum Gasteiger partial charge on any atom is 0.196 e. The lowest BCUT2D eigenvalue weighted by atomic mass is 10.1. The molecule has 0 fully saturated rings. The normalized spacial score (nSPS) is 12.4. The molecule has 2 rings (SSSR count). The highest BCUT2D eigenvalue weighted by molar-refractivity contribution is 5.69. The molecule has 1 atom stereocenters. The predicted octanol–water partition coefficient (Wildman–Crippen LogP) is 1.26. The van der Waals surface area contributed by atoms with Gasteiger partial charge in [-0.3, -0.25) is 0 Å². The Morgan fingerprint density at radius 1 is 1.44 bits per heavy atom. The number of hydrogen-bond donors (Lipinski definition) is 3. The van der Waals surface area contributed by atoms with Crippen molar-refractivity contribution in [1.29, 1.82) is 0 Å². The number of nitrogens with two attached hydrogens (primary N) is 1. The molecule has 0 bridgehead atoms. The summed E-state index contributed by atoms with van der Waals surface area (Å²) in [4.78, 5) is 0. The van der Waals surface area contributed by atoms with Crippen LogP contribution in [0.4, 0.5) is 11.4 Å². The summed E-state index contributed by atoms with van der Waals surface area (Å²) in [6.07, 6.45) is 0. The van der Waals surface area contributed by atoms with E-state index in [-0.39, 0.29) is 6.04 Å². The highest BCUT2D eigenvalue weighted by Gasteiger charge is 2.11. The second kappa shape index (κ2) is 4.18. The van der Waals surface area contributed by atoms with Gasteiger partial charge in [-0.15, -0.1) is 10.2 Å². The summed E-state index contributed by atoms with van der Waals surface area (Å²) in [7, 11) is 0. The average Bonchev–Trinajstić information content (AvgIpc) is 2.78. The molecule has 16 heavy (non-hydrogen) atoms. The summed E-state index contributed by atoms with van der Waals surface area (Å²) in [5.41, 5.74) is 8.64. The van der Waals surface area contributed by atoms with Gasteiger partial charge >= 0.3 is 0 Å². The largest absolute Gasteiger partial charge is 0.397 e. The van der Waals surface area contributed by atoms with Crippen LogP contribution in [0.15, 0.2) is 18.2 Å². The monoisotopic (exact) mass is 218 g/mol. The number of nitrogens with zero attached hydrogens (tertiary/aromatic N) is 3. The van der Waals surface area contributed by atoms with Crippen LogP contribution in [0.1, 0.15) is 24.4 Å². The van der Waals surface area contributed by atoms with Crippen molar-refractivity contribution in [3.8, 4) is 0 Å². The summed E-state index contributed by atoms with van der Waals surface area (Å²) in [5, 5.41) is 17.0. The predicted molar refractivity (Wildman–Crippen MR) is 61.8 cm³/mol. The second-order valence-electron chi connectivity index (χ2n) is 3.67. The third-order valence-corrected chi connectivity index (χ3v) is 2.45. The minimum Gasteiger partial charge on any atom is -0.397 e. The third kappa shape index (κ3) is 1.95. The molecule has 0 spiro atoms. The molecule has 1 heterocycles. The molecule has 1 aromatic heterocycles. The number of rotatable bonds is 3. The molecule has 0 saturated carbocycles. The van der Waals surface area contributed by atoms with E-state index in [0.29, 0.717) is 5.82 Å². The number of para-hydroxylation sites is 1. The topological polar surface area (TPSA) is 92.5 Å². The minimum absolute atomic E-state index is 0.0390. The quantitative estimate of drug-likeness (QED) is 0.674. The molecule has 0 aliphatic carbocycles. The Balaban J connectivity index is 2.18. The number of aryl methyl sites for hydroxylation is 1. The van der Waals surface area contributed by atoms with Gasteiger partial charge in [0.1, 0.15) is 0 Å². The number of tetrazole rings is 1. The van der Waals surface area contributed by atoms with Crippen LogP contribution in [0.2, 0.25) is 0 Å². The number of aromatic amines is 1. The Labute approximate surface area is 93.2 Å². The molecule has 0 aliphatic rings. The van der Waals surface area contributed by atoms with Gasteiger partial charge in [-0.1, -0.05) is 17.3 Å². The van der Waals surface area contributed by atoms with Gasteiger partial charge < -0.3 is 11.1 Å². The first-order valence-corrected chi connectivity index (χ1v) is 5.03. The SMILES string of the molecule is Cc1cccc(NC(C)c2nn[nH]n2)c1N. The molecule has 0 aliphatic heterocycles. The first-order chi connectivity index (χ1) is 7.68. The van der Waals surface area contributed by atoms with Crippen LogP contribution in [0.5, 0.6) is 0 Å². The molecule has 4 N–H and O–H groups in total. The molecule has 6 nitrogen and oxygen atoms in total. The Morgan fingerprint density at radius 3 is 2.94 bits per heavy atom. The Bertz CT molecular complexity index is 464. The van der Waals surface area contributed by atoms with E-state index in [1.807, 2.05) is 32.0 Å². The lowest BCUT2D eigenvalue weighted by molar-refractivity contribution is 0.794. The van der Waals surface area contributed by atoms with Crippen molar-refractivity contribution in [3.63, 3.8) is 0 Å². The molecule has 0 saturated heterocycles. The van der Waals surface area contributed by atoms with Gasteiger partial charge in [0.05, 0.1) is 17.4 Å². The van der Waals surface area contributed by atoms with Crippen LogP contribution in [-0.4, -0.2) is 20.6 Å². The van der Waals surface area contributed by atoms with Gasteiger partial charge in [-0.2, -0.15) is 5.21 Å². The summed E-state index contributed by atoms with van der Waals surface area (Å²) in [6, 6.07) is 5.82. The molecule has 0 amide bonds. The first-order valence-electron chi connectivity index (χ1n) is 5.03. The van der Waals surface area contributed by atoms with E-state index in [4.69, 9.17) is 5.73 Å². The zero-order valence-electron chi connectivity index (χ0n) is 9.23. The number of anilines is 2.